The number of benzene rings is 2. The minimum atomic E-state index is 0.431. The highest BCUT2D eigenvalue weighted by Crippen LogP contribution is 2.17. The van der Waals surface area contributed by atoms with Gasteiger partial charge in [-0.15, -0.1) is 0 Å². The maximum Gasteiger partial charge on any atom is 0.191 e. The molecule has 0 atom stereocenters. The van der Waals surface area contributed by atoms with E-state index in [1.54, 1.807) is 6.21 Å². The van der Waals surface area contributed by atoms with Gasteiger partial charge in [0.2, 0.25) is 0 Å². The minimum absolute atomic E-state index is 0.431. The maximum atomic E-state index is 6.04. The van der Waals surface area contributed by atoms with Crippen LogP contribution in [0.15, 0.2) is 53.6 Å². The van der Waals surface area contributed by atoms with E-state index in [-0.39, 0.29) is 0 Å². The van der Waals surface area contributed by atoms with Gasteiger partial charge in [-0.1, -0.05) is 55.8 Å². The van der Waals surface area contributed by atoms with E-state index < -0.39 is 0 Å². The van der Waals surface area contributed by atoms with E-state index in [0.717, 1.165) is 11.3 Å². The van der Waals surface area contributed by atoms with Crippen LogP contribution in [-0.2, 0) is 0 Å². The Morgan fingerprint density at radius 3 is 2.45 bits per heavy atom. The SMILES string of the molecule is CC(C)c1ccc(NC(=S)N/N=C/c2ccccc2Cl)cc1. The van der Waals surface area contributed by atoms with Gasteiger partial charge in [0, 0.05) is 16.3 Å². The molecule has 0 amide bonds. The standard InChI is InChI=1S/C17H18ClN3S/c1-12(2)13-7-9-15(10-8-13)20-17(22)21-19-11-14-5-3-4-6-16(14)18/h3-12H,1-2H3,(H2,20,21,22)/b19-11+. The molecule has 0 unspecified atom stereocenters. The lowest BCUT2D eigenvalue weighted by Crippen LogP contribution is -2.23. The lowest BCUT2D eigenvalue weighted by Gasteiger charge is -2.09. The molecule has 3 nitrogen and oxygen atoms in total. The molecule has 0 fully saturated rings. The monoisotopic (exact) mass is 331 g/mol. The predicted molar refractivity (Wildman–Crippen MR) is 98.9 cm³/mol. The van der Waals surface area contributed by atoms with Crippen molar-refractivity contribution in [2.24, 2.45) is 5.10 Å². The van der Waals surface area contributed by atoms with E-state index in [0.29, 0.717) is 16.1 Å². The molecular formula is C17H18ClN3S. The normalized spacial score (nSPS) is 10.9. The smallest absolute Gasteiger partial charge is 0.191 e. The fourth-order valence-corrected chi connectivity index (χ4v) is 2.21. The molecule has 0 bridgehead atoms. The first kappa shape index (κ1) is 16.5. The zero-order valence-electron chi connectivity index (χ0n) is 12.5. The second-order valence-corrected chi connectivity index (χ2v) is 5.94. The summed E-state index contributed by atoms with van der Waals surface area (Å²) in [6.07, 6.45) is 1.64. The molecule has 0 heterocycles. The summed E-state index contributed by atoms with van der Waals surface area (Å²) in [6, 6.07) is 15.7. The van der Waals surface area contributed by atoms with Crippen LogP contribution in [-0.4, -0.2) is 11.3 Å². The summed E-state index contributed by atoms with van der Waals surface area (Å²) < 4.78 is 0. The Morgan fingerprint density at radius 1 is 1.14 bits per heavy atom. The van der Waals surface area contributed by atoms with Crippen molar-refractivity contribution in [2.45, 2.75) is 19.8 Å². The van der Waals surface area contributed by atoms with Crippen LogP contribution in [0.1, 0.15) is 30.9 Å². The number of hydrogen-bond acceptors (Lipinski definition) is 2. The van der Waals surface area contributed by atoms with Crippen molar-refractivity contribution in [1.29, 1.82) is 0 Å². The Bertz CT molecular complexity index is 666. The lowest BCUT2D eigenvalue weighted by atomic mass is 10.0. The van der Waals surface area contributed by atoms with Gasteiger partial charge in [-0.25, -0.2) is 0 Å². The molecular weight excluding hydrogens is 314 g/mol. The summed E-state index contributed by atoms with van der Waals surface area (Å²) in [5.74, 6) is 0.513. The highest BCUT2D eigenvalue weighted by molar-refractivity contribution is 7.80. The first-order valence-corrected chi connectivity index (χ1v) is 7.79. The first-order chi connectivity index (χ1) is 10.6. The molecule has 2 rings (SSSR count). The highest BCUT2D eigenvalue weighted by Gasteiger charge is 2.00. The van der Waals surface area contributed by atoms with Crippen LogP contribution in [0, 0.1) is 0 Å². The quantitative estimate of drug-likeness (QED) is 0.480. The molecule has 2 aromatic carbocycles. The highest BCUT2D eigenvalue weighted by atomic mass is 35.5. The van der Waals surface area contributed by atoms with Crippen LogP contribution in [0.5, 0.6) is 0 Å². The third-order valence-electron chi connectivity index (χ3n) is 3.11. The molecule has 2 aromatic rings. The number of hydrazone groups is 1. The first-order valence-electron chi connectivity index (χ1n) is 7.01. The second-order valence-electron chi connectivity index (χ2n) is 5.12. The van der Waals surface area contributed by atoms with Gasteiger partial charge in [-0.05, 0) is 41.9 Å². The van der Waals surface area contributed by atoms with Crippen LogP contribution < -0.4 is 10.7 Å². The van der Waals surface area contributed by atoms with E-state index >= 15 is 0 Å². The summed E-state index contributed by atoms with van der Waals surface area (Å²) >= 11 is 11.2. The van der Waals surface area contributed by atoms with Crippen molar-refractivity contribution >= 4 is 40.8 Å². The van der Waals surface area contributed by atoms with Gasteiger partial charge in [0.1, 0.15) is 0 Å². The van der Waals surface area contributed by atoms with Crippen molar-refractivity contribution in [3.05, 3.63) is 64.7 Å². The molecule has 114 valence electrons. The maximum absolute atomic E-state index is 6.04. The van der Waals surface area contributed by atoms with Gasteiger partial charge in [0.05, 0.1) is 6.21 Å². The Labute approximate surface area is 141 Å². The Hall–Kier alpha value is -1.91. The Balaban J connectivity index is 1.89. The van der Waals surface area contributed by atoms with Crippen LogP contribution in [0.25, 0.3) is 0 Å². The predicted octanol–water partition coefficient (Wildman–Crippen LogP) is 4.78. The molecule has 0 radical (unpaired) electrons. The third kappa shape index (κ3) is 4.83. The van der Waals surface area contributed by atoms with Crippen molar-refractivity contribution in [3.8, 4) is 0 Å². The summed E-state index contributed by atoms with van der Waals surface area (Å²) in [5, 5.41) is 8.24. The molecule has 0 aliphatic heterocycles. The van der Waals surface area contributed by atoms with Gasteiger partial charge in [-0.2, -0.15) is 5.10 Å². The number of rotatable bonds is 4. The summed E-state index contributed by atoms with van der Waals surface area (Å²) in [5.41, 5.74) is 5.83. The summed E-state index contributed by atoms with van der Waals surface area (Å²) in [7, 11) is 0. The molecule has 0 aliphatic carbocycles. The number of nitrogens with one attached hydrogen (secondary N) is 2. The topological polar surface area (TPSA) is 36.4 Å². The summed E-state index contributed by atoms with van der Waals surface area (Å²) in [6.45, 7) is 4.33. The molecule has 22 heavy (non-hydrogen) atoms. The zero-order valence-corrected chi connectivity index (χ0v) is 14.1. The van der Waals surface area contributed by atoms with Gasteiger partial charge in [-0.3, -0.25) is 5.43 Å². The van der Waals surface area contributed by atoms with E-state index in [1.807, 2.05) is 36.4 Å². The number of nitrogens with zero attached hydrogens (tertiary/aromatic N) is 1. The zero-order chi connectivity index (χ0) is 15.9. The molecule has 0 saturated carbocycles. The second kappa shape index (κ2) is 7.92. The average Bonchev–Trinajstić information content (AvgIpc) is 2.50. The molecule has 0 spiro atoms. The molecule has 0 aromatic heterocycles. The van der Waals surface area contributed by atoms with E-state index in [9.17, 15) is 0 Å². The minimum Gasteiger partial charge on any atom is -0.331 e. The fraction of sp³-hybridized carbons (Fsp3) is 0.176. The molecule has 2 N–H and O–H groups in total. The summed E-state index contributed by atoms with van der Waals surface area (Å²) in [4.78, 5) is 0. The number of halogens is 1. The van der Waals surface area contributed by atoms with Gasteiger partial charge >= 0.3 is 0 Å². The fourth-order valence-electron chi connectivity index (χ4n) is 1.85. The number of thiocarbonyl (C=S) groups is 1. The van der Waals surface area contributed by atoms with Crippen molar-refractivity contribution in [1.82, 2.24) is 5.43 Å². The molecule has 0 saturated heterocycles. The number of hydrogen-bond donors (Lipinski definition) is 2. The number of anilines is 1. The van der Waals surface area contributed by atoms with Gasteiger partial charge < -0.3 is 5.32 Å². The van der Waals surface area contributed by atoms with Gasteiger partial charge in [0.25, 0.3) is 0 Å². The van der Waals surface area contributed by atoms with Crippen molar-refractivity contribution in [3.63, 3.8) is 0 Å². The molecule has 0 aliphatic rings. The Morgan fingerprint density at radius 2 is 1.82 bits per heavy atom. The average molecular weight is 332 g/mol. The van der Waals surface area contributed by atoms with Crippen LogP contribution >= 0.6 is 23.8 Å². The van der Waals surface area contributed by atoms with E-state index in [2.05, 4.69) is 41.8 Å². The lowest BCUT2D eigenvalue weighted by molar-refractivity contribution is 0.867. The Kier molecular flexibility index (Phi) is 5.92. The van der Waals surface area contributed by atoms with Crippen molar-refractivity contribution in [2.75, 3.05) is 5.32 Å². The van der Waals surface area contributed by atoms with E-state index in [4.69, 9.17) is 23.8 Å². The van der Waals surface area contributed by atoms with Crippen LogP contribution in [0.4, 0.5) is 5.69 Å². The van der Waals surface area contributed by atoms with Crippen LogP contribution in [0.2, 0.25) is 5.02 Å². The van der Waals surface area contributed by atoms with E-state index in [1.165, 1.54) is 5.56 Å². The largest absolute Gasteiger partial charge is 0.331 e. The molecule has 5 heteroatoms. The van der Waals surface area contributed by atoms with Gasteiger partial charge in [0.15, 0.2) is 5.11 Å². The van der Waals surface area contributed by atoms with Crippen molar-refractivity contribution < 1.29 is 0 Å². The van der Waals surface area contributed by atoms with Crippen LogP contribution in [0.3, 0.4) is 0 Å². The third-order valence-corrected chi connectivity index (χ3v) is 3.65.